The van der Waals surface area contributed by atoms with Gasteiger partial charge >= 0.3 is 0 Å². The molecule has 1 unspecified atom stereocenters. The van der Waals surface area contributed by atoms with Gasteiger partial charge in [0, 0.05) is 32.7 Å². The maximum atomic E-state index is 2.56. The quantitative estimate of drug-likeness (QED) is 0.687. The van der Waals surface area contributed by atoms with Crippen LogP contribution >= 0.6 is 0 Å². The Morgan fingerprint density at radius 2 is 2.06 bits per heavy atom. The van der Waals surface area contributed by atoms with Crippen molar-refractivity contribution in [1.82, 2.24) is 14.7 Å². The van der Waals surface area contributed by atoms with E-state index in [1.54, 1.807) is 0 Å². The summed E-state index contributed by atoms with van der Waals surface area (Å²) in [7, 11) is 2.17. The number of likely N-dealkylation sites (tertiary alicyclic amines) is 1. The second-order valence-corrected chi connectivity index (χ2v) is 5.39. The van der Waals surface area contributed by atoms with Crippen LogP contribution in [0.1, 0.15) is 20.8 Å². The van der Waals surface area contributed by atoms with Crippen LogP contribution < -0.4 is 0 Å². The predicted molar refractivity (Wildman–Crippen MR) is 72.7 cm³/mol. The molecule has 2 aliphatic rings. The molecule has 96 valence electrons. The molecule has 1 atom stereocenters. The zero-order valence-electron chi connectivity index (χ0n) is 11.5. The average Bonchev–Trinajstić information content (AvgIpc) is 2.64. The summed E-state index contributed by atoms with van der Waals surface area (Å²) in [6.45, 7) is 10.1. The van der Waals surface area contributed by atoms with Crippen LogP contribution in [0.2, 0.25) is 0 Å². The molecule has 1 fully saturated rings. The van der Waals surface area contributed by atoms with Crippen molar-refractivity contribution in [1.29, 1.82) is 0 Å². The van der Waals surface area contributed by atoms with Crippen LogP contribution in [0.15, 0.2) is 24.4 Å². The van der Waals surface area contributed by atoms with Crippen molar-refractivity contribution in [2.75, 3.05) is 26.7 Å². The van der Waals surface area contributed by atoms with Crippen molar-refractivity contribution < 1.29 is 0 Å². The Hall–Kier alpha value is -0.800. The third kappa shape index (κ3) is 2.55. The first kappa shape index (κ1) is 12.7. The van der Waals surface area contributed by atoms with Crippen LogP contribution in [0, 0.1) is 0 Å². The molecule has 17 heavy (non-hydrogen) atoms. The van der Waals surface area contributed by atoms with E-state index in [0.717, 1.165) is 6.54 Å². The largest absolute Gasteiger partial charge is 0.375 e. The molecule has 0 spiro atoms. The Labute approximate surface area is 105 Å². The van der Waals surface area contributed by atoms with E-state index in [-0.39, 0.29) is 0 Å². The first-order valence-electron chi connectivity index (χ1n) is 6.64. The molecule has 2 heterocycles. The lowest BCUT2D eigenvalue weighted by molar-refractivity contribution is -0.0154. The topological polar surface area (TPSA) is 9.72 Å². The summed E-state index contributed by atoms with van der Waals surface area (Å²) >= 11 is 0. The van der Waals surface area contributed by atoms with Crippen molar-refractivity contribution in [3.05, 3.63) is 24.4 Å². The highest BCUT2D eigenvalue weighted by Gasteiger charge is 2.37. The van der Waals surface area contributed by atoms with E-state index in [2.05, 4.69) is 66.9 Å². The second kappa shape index (κ2) is 5.23. The second-order valence-electron chi connectivity index (χ2n) is 5.39. The normalized spacial score (nSPS) is 27.2. The summed E-state index contributed by atoms with van der Waals surface area (Å²) in [6.07, 6.45) is 9.47. The van der Waals surface area contributed by atoms with Gasteiger partial charge < -0.3 is 4.90 Å². The number of likely N-dealkylation sites (N-methyl/N-ethyl adjacent to an activating group) is 1. The summed E-state index contributed by atoms with van der Waals surface area (Å²) in [5.41, 5.74) is 0. The molecule has 0 bridgehead atoms. The summed E-state index contributed by atoms with van der Waals surface area (Å²) in [6, 6.07) is 1.32. The van der Waals surface area contributed by atoms with Crippen molar-refractivity contribution >= 4 is 0 Å². The maximum Gasteiger partial charge on any atom is 0.0821 e. The van der Waals surface area contributed by atoms with Crippen LogP contribution in [-0.2, 0) is 0 Å². The van der Waals surface area contributed by atoms with Crippen molar-refractivity contribution in [2.24, 2.45) is 0 Å². The molecule has 0 aliphatic carbocycles. The highest BCUT2D eigenvalue weighted by Crippen LogP contribution is 2.24. The minimum absolute atomic E-state index is 0.533. The Balaban J connectivity index is 1.85. The van der Waals surface area contributed by atoms with Crippen LogP contribution in [-0.4, -0.2) is 59.6 Å². The first-order valence-corrected chi connectivity index (χ1v) is 6.64. The molecule has 2 rings (SSSR count). The minimum Gasteiger partial charge on any atom is -0.375 e. The van der Waals surface area contributed by atoms with Gasteiger partial charge in [0.1, 0.15) is 0 Å². The maximum absolute atomic E-state index is 2.56. The fraction of sp³-hybridized carbons (Fsp3) is 0.714. The number of nitrogens with zero attached hydrogens (tertiary/aromatic N) is 3. The van der Waals surface area contributed by atoms with Gasteiger partial charge in [0.25, 0.3) is 0 Å². The van der Waals surface area contributed by atoms with Gasteiger partial charge in [-0.25, -0.2) is 0 Å². The minimum atomic E-state index is 0.533. The van der Waals surface area contributed by atoms with E-state index < -0.39 is 0 Å². The Bertz CT molecular complexity index is 303. The summed E-state index contributed by atoms with van der Waals surface area (Å²) in [4.78, 5) is 7.44. The molecule has 0 N–H and O–H groups in total. The smallest absolute Gasteiger partial charge is 0.0821 e. The molecule has 0 aromatic rings. The summed E-state index contributed by atoms with van der Waals surface area (Å²) < 4.78 is 0. The van der Waals surface area contributed by atoms with Crippen LogP contribution in [0.3, 0.4) is 0 Å². The molecule has 0 saturated carbocycles. The number of hydrogen-bond acceptors (Lipinski definition) is 3. The van der Waals surface area contributed by atoms with Crippen LogP contribution in [0.25, 0.3) is 0 Å². The lowest BCUT2D eigenvalue weighted by Gasteiger charge is -2.49. The average molecular weight is 235 g/mol. The van der Waals surface area contributed by atoms with Crippen LogP contribution in [0.5, 0.6) is 0 Å². The van der Waals surface area contributed by atoms with E-state index >= 15 is 0 Å². The van der Waals surface area contributed by atoms with E-state index in [1.165, 1.54) is 13.1 Å². The van der Waals surface area contributed by atoms with E-state index in [4.69, 9.17) is 0 Å². The number of hydrogen-bond donors (Lipinski definition) is 0. The molecule has 0 amide bonds. The van der Waals surface area contributed by atoms with Gasteiger partial charge in [-0.15, -0.1) is 0 Å². The molecule has 3 heteroatoms. The molecule has 0 aromatic heterocycles. The van der Waals surface area contributed by atoms with Gasteiger partial charge in [-0.05, 0) is 27.0 Å². The number of allylic oxidation sites excluding steroid dienone is 1. The van der Waals surface area contributed by atoms with Gasteiger partial charge in [-0.1, -0.05) is 18.2 Å². The van der Waals surface area contributed by atoms with E-state index in [1.807, 2.05) is 0 Å². The number of rotatable bonds is 4. The van der Waals surface area contributed by atoms with Gasteiger partial charge in [0.15, 0.2) is 0 Å². The molecule has 3 nitrogen and oxygen atoms in total. The van der Waals surface area contributed by atoms with Gasteiger partial charge in [-0.2, -0.15) is 0 Å². The van der Waals surface area contributed by atoms with Crippen molar-refractivity contribution in [3.8, 4) is 0 Å². The lowest BCUT2D eigenvalue weighted by Crippen LogP contribution is -2.63. The van der Waals surface area contributed by atoms with Crippen LogP contribution in [0.4, 0.5) is 0 Å². The van der Waals surface area contributed by atoms with Gasteiger partial charge in [0.2, 0.25) is 0 Å². The highest BCUT2D eigenvalue weighted by molar-refractivity contribution is 5.08. The van der Waals surface area contributed by atoms with Gasteiger partial charge in [0.05, 0.1) is 12.2 Å². The molecule has 1 saturated heterocycles. The SMILES string of the molecule is CC=CN(C)C1CN(C2C=CCN2C(C)C)C1. The first-order chi connectivity index (χ1) is 8.13. The fourth-order valence-corrected chi connectivity index (χ4v) is 2.69. The zero-order chi connectivity index (χ0) is 12.4. The Kier molecular flexibility index (Phi) is 3.89. The molecule has 0 radical (unpaired) electrons. The standard InChI is InChI=1S/C14H25N3/c1-5-8-15(4)13-10-16(11-13)14-7-6-9-17(14)12(2)3/h5-8,12-14H,9-11H2,1-4H3. The van der Waals surface area contributed by atoms with E-state index in [0.29, 0.717) is 18.2 Å². The zero-order valence-corrected chi connectivity index (χ0v) is 11.5. The monoisotopic (exact) mass is 235 g/mol. The molecular formula is C14H25N3. The fourth-order valence-electron chi connectivity index (χ4n) is 2.69. The third-order valence-corrected chi connectivity index (χ3v) is 3.85. The summed E-state index contributed by atoms with van der Waals surface area (Å²) in [5, 5.41) is 0. The third-order valence-electron chi connectivity index (χ3n) is 3.85. The highest BCUT2D eigenvalue weighted by atomic mass is 15.4. The predicted octanol–water partition coefficient (Wildman–Crippen LogP) is 1.74. The van der Waals surface area contributed by atoms with Crippen molar-refractivity contribution in [3.63, 3.8) is 0 Å². The van der Waals surface area contributed by atoms with Crippen molar-refractivity contribution in [2.45, 2.75) is 39.0 Å². The molecular weight excluding hydrogens is 210 g/mol. The summed E-state index contributed by atoms with van der Waals surface area (Å²) in [5.74, 6) is 0. The van der Waals surface area contributed by atoms with E-state index in [9.17, 15) is 0 Å². The molecule has 0 aromatic carbocycles. The molecule has 2 aliphatic heterocycles. The lowest BCUT2D eigenvalue weighted by atomic mass is 10.1. The Morgan fingerprint density at radius 3 is 2.65 bits per heavy atom. The Morgan fingerprint density at radius 1 is 1.35 bits per heavy atom. The van der Waals surface area contributed by atoms with Gasteiger partial charge in [-0.3, -0.25) is 9.80 Å².